The third-order valence-electron chi connectivity index (χ3n) is 4.51. The minimum absolute atomic E-state index is 0.930. The van der Waals surface area contributed by atoms with Crippen molar-refractivity contribution < 1.29 is 0 Å². The Labute approximate surface area is 136 Å². The zero-order valence-electron chi connectivity index (χ0n) is 13.2. The fraction of sp³-hybridized carbons (Fsp3) is 0.250. The molecule has 116 valence electrons. The Morgan fingerprint density at radius 1 is 0.913 bits per heavy atom. The Hall–Kier alpha value is -2.55. The highest BCUT2D eigenvalue weighted by atomic mass is 15.0. The zero-order valence-corrected chi connectivity index (χ0v) is 13.2. The standard InChI is InChI=1S/C20H21N3/c1-2-8-18(20-21-12-5-13-22-20)15(6-1)10-11-16-14-23-19-9-4-3-7-17(16)19/h1-4,6-9,14,23H,5,10-13H2,(H,21,22). The Bertz CT molecular complexity index is 845. The lowest BCUT2D eigenvalue weighted by Gasteiger charge is -2.17. The monoisotopic (exact) mass is 303 g/mol. The summed E-state index contributed by atoms with van der Waals surface area (Å²) >= 11 is 0. The summed E-state index contributed by atoms with van der Waals surface area (Å²) in [5.41, 5.74) is 5.22. The molecule has 3 heteroatoms. The van der Waals surface area contributed by atoms with E-state index in [2.05, 4.69) is 70.0 Å². The van der Waals surface area contributed by atoms with E-state index in [0.717, 1.165) is 38.2 Å². The fourth-order valence-electron chi connectivity index (χ4n) is 3.29. The molecule has 2 aromatic carbocycles. The first-order valence-electron chi connectivity index (χ1n) is 8.33. The predicted molar refractivity (Wildman–Crippen MR) is 96.2 cm³/mol. The van der Waals surface area contributed by atoms with Gasteiger partial charge in [0.1, 0.15) is 5.84 Å². The van der Waals surface area contributed by atoms with Gasteiger partial charge in [0.05, 0.1) is 0 Å². The molecule has 1 aromatic heterocycles. The number of hydrogen-bond donors (Lipinski definition) is 2. The lowest BCUT2D eigenvalue weighted by molar-refractivity contribution is 0.741. The molecule has 0 fully saturated rings. The van der Waals surface area contributed by atoms with Crippen molar-refractivity contribution in [3.8, 4) is 0 Å². The number of aromatic nitrogens is 1. The van der Waals surface area contributed by atoms with E-state index in [1.54, 1.807) is 0 Å². The number of aliphatic imine (C=N–C) groups is 1. The molecule has 0 amide bonds. The second kappa shape index (κ2) is 6.29. The molecular weight excluding hydrogens is 282 g/mol. The summed E-state index contributed by atoms with van der Waals surface area (Å²) in [5, 5.41) is 4.77. The maximum Gasteiger partial charge on any atom is 0.128 e. The van der Waals surface area contributed by atoms with E-state index < -0.39 is 0 Å². The van der Waals surface area contributed by atoms with Gasteiger partial charge in [-0.25, -0.2) is 0 Å². The SMILES string of the molecule is c1ccc(C2=NCCCN2)c(CCc2c[nH]c3ccccc23)c1. The van der Waals surface area contributed by atoms with Gasteiger partial charge in [-0.3, -0.25) is 4.99 Å². The Kier molecular flexibility index (Phi) is 3.85. The molecule has 2 heterocycles. The number of para-hydroxylation sites is 1. The maximum atomic E-state index is 4.65. The van der Waals surface area contributed by atoms with E-state index in [-0.39, 0.29) is 0 Å². The Morgan fingerprint density at radius 3 is 2.65 bits per heavy atom. The van der Waals surface area contributed by atoms with Gasteiger partial charge in [0.25, 0.3) is 0 Å². The van der Waals surface area contributed by atoms with Crippen LogP contribution in [-0.2, 0) is 12.8 Å². The summed E-state index contributed by atoms with van der Waals surface area (Å²) in [6.07, 6.45) is 5.33. The van der Waals surface area contributed by atoms with Crippen LogP contribution >= 0.6 is 0 Å². The first-order valence-corrected chi connectivity index (χ1v) is 8.33. The average molecular weight is 303 g/mol. The normalized spacial score (nSPS) is 14.5. The van der Waals surface area contributed by atoms with E-state index in [9.17, 15) is 0 Å². The molecule has 1 aliphatic heterocycles. The largest absolute Gasteiger partial charge is 0.370 e. The van der Waals surface area contributed by atoms with Crippen LogP contribution < -0.4 is 5.32 Å². The third kappa shape index (κ3) is 2.87. The second-order valence-corrected chi connectivity index (χ2v) is 6.03. The van der Waals surface area contributed by atoms with Crippen LogP contribution in [0, 0.1) is 0 Å². The quantitative estimate of drug-likeness (QED) is 0.758. The summed E-state index contributed by atoms with van der Waals surface area (Å²) in [6, 6.07) is 17.1. The van der Waals surface area contributed by atoms with Crippen molar-refractivity contribution in [1.82, 2.24) is 10.3 Å². The van der Waals surface area contributed by atoms with Gasteiger partial charge in [-0.1, -0.05) is 42.5 Å². The van der Waals surface area contributed by atoms with Crippen molar-refractivity contribution in [2.45, 2.75) is 19.3 Å². The lowest BCUT2D eigenvalue weighted by atomic mass is 9.98. The minimum atomic E-state index is 0.930. The number of fused-ring (bicyclic) bond motifs is 1. The third-order valence-corrected chi connectivity index (χ3v) is 4.51. The molecule has 1 aliphatic rings. The number of hydrogen-bond acceptors (Lipinski definition) is 2. The molecular formula is C20H21N3. The number of H-pyrrole nitrogens is 1. The Balaban J connectivity index is 1.58. The van der Waals surface area contributed by atoms with Crippen LogP contribution in [0.5, 0.6) is 0 Å². The van der Waals surface area contributed by atoms with E-state index in [4.69, 9.17) is 0 Å². The van der Waals surface area contributed by atoms with Crippen molar-refractivity contribution in [3.63, 3.8) is 0 Å². The molecule has 0 saturated carbocycles. The van der Waals surface area contributed by atoms with Gasteiger partial charge >= 0.3 is 0 Å². The minimum Gasteiger partial charge on any atom is -0.370 e. The highest BCUT2D eigenvalue weighted by molar-refractivity contribution is 6.00. The first-order chi connectivity index (χ1) is 11.4. The Morgan fingerprint density at radius 2 is 1.74 bits per heavy atom. The summed E-state index contributed by atoms with van der Waals surface area (Å²) in [6.45, 7) is 1.95. The molecule has 3 nitrogen and oxygen atoms in total. The molecule has 0 spiro atoms. The van der Waals surface area contributed by atoms with Gasteiger partial charge in [-0.05, 0) is 36.5 Å². The first kappa shape index (κ1) is 14.1. The number of nitrogens with zero attached hydrogens (tertiary/aromatic N) is 1. The van der Waals surface area contributed by atoms with E-state index >= 15 is 0 Å². The zero-order chi connectivity index (χ0) is 15.5. The van der Waals surface area contributed by atoms with E-state index in [0.29, 0.717) is 0 Å². The number of amidine groups is 1. The summed E-state index contributed by atoms with van der Waals surface area (Å²) in [5.74, 6) is 1.06. The van der Waals surface area contributed by atoms with Gasteiger partial charge in [0.2, 0.25) is 0 Å². The summed E-state index contributed by atoms with van der Waals surface area (Å²) in [4.78, 5) is 8.02. The van der Waals surface area contributed by atoms with Crippen LogP contribution in [0.3, 0.4) is 0 Å². The molecule has 0 bridgehead atoms. The van der Waals surface area contributed by atoms with Crippen molar-refractivity contribution in [2.75, 3.05) is 13.1 Å². The lowest BCUT2D eigenvalue weighted by Crippen LogP contribution is -2.31. The number of nitrogens with one attached hydrogen (secondary N) is 2. The van der Waals surface area contributed by atoms with Gasteiger partial charge in [-0.15, -0.1) is 0 Å². The fourth-order valence-corrected chi connectivity index (χ4v) is 3.29. The van der Waals surface area contributed by atoms with Crippen LogP contribution in [0.1, 0.15) is 23.1 Å². The molecule has 0 radical (unpaired) electrons. The molecule has 2 N–H and O–H groups in total. The predicted octanol–water partition coefficient (Wildman–Crippen LogP) is 3.69. The van der Waals surface area contributed by atoms with Gasteiger partial charge < -0.3 is 10.3 Å². The maximum absolute atomic E-state index is 4.65. The van der Waals surface area contributed by atoms with Crippen molar-refractivity contribution in [3.05, 3.63) is 71.4 Å². The van der Waals surface area contributed by atoms with Crippen molar-refractivity contribution in [2.24, 2.45) is 4.99 Å². The highest BCUT2D eigenvalue weighted by Crippen LogP contribution is 2.20. The van der Waals surface area contributed by atoms with Crippen LogP contribution in [0.4, 0.5) is 0 Å². The number of aromatic amines is 1. The summed E-state index contributed by atoms with van der Waals surface area (Å²) in [7, 11) is 0. The van der Waals surface area contributed by atoms with Gasteiger partial charge in [0, 0.05) is 35.8 Å². The molecule has 0 atom stereocenters. The van der Waals surface area contributed by atoms with E-state index in [1.807, 2.05) is 0 Å². The van der Waals surface area contributed by atoms with Crippen molar-refractivity contribution >= 4 is 16.7 Å². The number of benzene rings is 2. The molecule has 4 rings (SSSR count). The van der Waals surface area contributed by atoms with Gasteiger partial charge in [-0.2, -0.15) is 0 Å². The molecule has 3 aromatic rings. The average Bonchev–Trinajstić information content (AvgIpc) is 3.04. The molecule has 0 unspecified atom stereocenters. The summed E-state index contributed by atoms with van der Waals surface area (Å²) < 4.78 is 0. The second-order valence-electron chi connectivity index (χ2n) is 6.03. The topological polar surface area (TPSA) is 40.2 Å². The highest BCUT2D eigenvalue weighted by Gasteiger charge is 2.12. The van der Waals surface area contributed by atoms with Crippen molar-refractivity contribution in [1.29, 1.82) is 0 Å². The number of aryl methyl sites for hydroxylation is 2. The van der Waals surface area contributed by atoms with Crippen LogP contribution in [-0.4, -0.2) is 23.9 Å². The molecule has 0 saturated heterocycles. The molecule has 0 aliphatic carbocycles. The number of rotatable bonds is 4. The van der Waals surface area contributed by atoms with Crippen LogP contribution in [0.2, 0.25) is 0 Å². The molecule has 23 heavy (non-hydrogen) atoms. The van der Waals surface area contributed by atoms with E-state index in [1.165, 1.54) is 27.6 Å². The van der Waals surface area contributed by atoms with Gasteiger partial charge in [0.15, 0.2) is 0 Å². The smallest absolute Gasteiger partial charge is 0.128 e. The van der Waals surface area contributed by atoms with Crippen LogP contribution in [0.25, 0.3) is 10.9 Å². The van der Waals surface area contributed by atoms with Crippen LogP contribution in [0.15, 0.2) is 59.7 Å².